The van der Waals surface area contributed by atoms with E-state index in [1.165, 1.54) is 7.11 Å². The number of amides is 2. The van der Waals surface area contributed by atoms with Crippen molar-refractivity contribution in [2.75, 3.05) is 40.0 Å². The molecule has 8 heteroatoms. The fraction of sp³-hybridized carbons (Fsp3) is 0.318. The van der Waals surface area contributed by atoms with E-state index in [2.05, 4.69) is 5.32 Å². The number of nitrogens with one attached hydrogen (secondary N) is 1. The molecule has 2 amide bonds. The van der Waals surface area contributed by atoms with Crippen LogP contribution in [0.2, 0.25) is 0 Å². The van der Waals surface area contributed by atoms with Gasteiger partial charge in [0.05, 0.1) is 25.9 Å². The molecule has 158 valence electrons. The Morgan fingerprint density at radius 2 is 1.70 bits per heavy atom. The number of esters is 1. The van der Waals surface area contributed by atoms with Crippen LogP contribution in [0.15, 0.2) is 54.6 Å². The Morgan fingerprint density at radius 3 is 2.40 bits per heavy atom. The molecule has 1 aliphatic rings. The number of rotatable bonds is 7. The molecule has 0 radical (unpaired) electrons. The van der Waals surface area contributed by atoms with Crippen LogP contribution in [0, 0.1) is 0 Å². The third kappa shape index (κ3) is 5.36. The van der Waals surface area contributed by atoms with E-state index in [1.807, 2.05) is 6.07 Å². The Kier molecular flexibility index (Phi) is 7.40. The van der Waals surface area contributed by atoms with Gasteiger partial charge >= 0.3 is 5.97 Å². The number of carbonyl (C=O) groups is 3. The second-order valence-electron chi connectivity index (χ2n) is 6.60. The Hall–Kier alpha value is -3.39. The van der Waals surface area contributed by atoms with Crippen molar-refractivity contribution in [2.45, 2.75) is 6.10 Å². The topological polar surface area (TPSA) is 94.2 Å². The zero-order valence-electron chi connectivity index (χ0n) is 16.7. The molecule has 1 N–H and O–H groups in total. The summed E-state index contributed by atoms with van der Waals surface area (Å²) in [6.45, 7) is 1.37. The van der Waals surface area contributed by atoms with Gasteiger partial charge in [-0.25, -0.2) is 0 Å². The standard InChI is InChI=1S/C22H24N2O6/c1-28-18-10-6-5-9-17(18)21(26)23-15-19(25)30-20(16-7-3-2-4-8-16)22(27)24-11-13-29-14-12-24/h2-10,20H,11-15H2,1H3,(H,23,26)/t20-/m0/s1. The average molecular weight is 412 g/mol. The van der Waals surface area contributed by atoms with Crippen molar-refractivity contribution in [2.24, 2.45) is 0 Å². The van der Waals surface area contributed by atoms with Crippen LogP contribution < -0.4 is 10.1 Å². The van der Waals surface area contributed by atoms with Crippen molar-refractivity contribution in [3.8, 4) is 5.75 Å². The van der Waals surface area contributed by atoms with Gasteiger partial charge in [-0.2, -0.15) is 0 Å². The summed E-state index contributed by atoms with van der Waals surface area (Å²) in [5.74, 6) is -1.10. The molecule has 2 aromatic carbocycles. The first-order chi connectivity index (χ1) is 14.6. The highest BCUT2D eigenvalue weighted by Gasteiger charge is 2.30. The first kappa shape index (κ1) is 21.3. The summed E-state index contributed by atoms with van der Waals surface area (Å²) in [4.78, 5) is 39.4. The molecule has 1 atom stereocenters. The van der Waals surface area contributed by atoms with Crippen molar-refractivity contribution in [1.29, 1.82) is 0 Å². The zero-order valence-corrected chi connectivity index (χ0v) is 16.7. The van der Waals surface area contributed by atoms with Gasteiger partial charge in [0.15, 0.2) is 0 Å². The van der Waals surface area contributed by atoms with Gasteiger partial charge in [0.25, 0.3) is 11.8 Å². The summed E-state index contributed by atoms with van der Waals surface area (Å²) in [6.07, 6.45) is -1.08. The highest BCUT2D eigenvalue weighted by Crippen LogP contribution is 2.21. The number of para-hydroxylation sites is 1. The number of carbonyl (C=O) groups excluding carboxylic acids is 3. The van der Waals surface area contributed by atoms with E-state index in [1.54, 1.807) is 53.4 Å². The van der Waals surface area contributed by atoms with E-state index >= 15 is 0 Å². The third-order valence-electron chi connectivity index (χ3n) is 4.64. The quantitative estimate of drug-likeness (QED) is 0.694. The molecule has 2 aromatic rings. The van der Waals surface area contributed by atoms with Crippen LogP contribution in [-0.2, 0) is 19.1 Å². The first-order valence-electron chi connectivity index (χ1n) is 9.62. The molecule has 30 heavy (non-hydrogen) atoms. The summed E-state index contributed by atoms with van der Waals surface area (Å²) in [5.41, 5.74) is 0.871. The lowest BCUT2D eigenvalue weighted by Crippen LogP contribution is -2.44. The van der Waals surface area contributed by atoms with Gasteiger partial charge in [0.1, 0.15) is 12.3 Å². The molecule has 0 saturated carbocycles. The smallest absolute Gasteiger partial charge is 0.326 e. The minimum atomic E-state index is -1.08. The largest absolute Gasteiger partial charge is 0.496 e. The lowest BCUT2D eigenvalue weighted by Gasteiger charge is -2.30. The van der Waals surface area contributed by atoms with E-state index in [4.69, 9.17) is 14.2 Å². The molecule has 3 rings (SSSR count). The van der Waals surface area contributed by atoms with Crippen LogP contribution in [0.4, 0.5) is 0 Å². The fourth-order valence-electron chi connectivity index (χ4n) is 3.09. The van der Waals surface area contributed by atoms with Crippen LogP contribution in [0.3, 0.4) is 0 Å². The van der Waals surface area contributed by atoms with Gasteiger partial charge in [-0.05, 0) is 12.1 Å². The molecule has 1 heterocycles. The summed E-state index contributed by atoms with van der Waals surface area (Å²) in [7, 11) is 1.46. The maximum absolute atomic E-state index is 13.0. The number of hydrogen-bond acceptors (Lipinski definition) is 6. The molecular weight excluding hydrogens is 388 g/mol. The van der Waals surface area contributed by atoms with Gasteiger partial charge in [0, 0.05) is 18.7 Å². The van der Waals surface area contributed by atoms with Crippen molar-refractivity contribution >= 4 is 17.8 Å². The second kappa shape index (κ2) is 10.4. The highest BCUT2D eigenvalue weighted by atomic mass is 16.5. The molecule has 1 fully saturated rings. The van der Waals surface area contributed by atoms with Crippen molar-refractivity contribution in [3.63, 3.8) is 0 Å². The van der Waals surface area contributed by atoms with Gasteiger partial charge in [-0.1, -0.05) is 42.5 Å². The predicted molar refractivity (Wildman–Crippen MR) is 108 cm³/mol. The fourth-order valence-corrected chi connectivity index (χ4v) is 3.09. The molecule has 0 aromatic heterocycles. The van der Waals surface area contributed by atoms with Gasteiger partial charge < -0.3 is 24.4 Å². The van der Waals surface area contributed by atoms with Crippen LogP contribution in [0.5, 0.6) is 5.75 Å². The second-order valence-corrected chi connectivity index (χ2v) is 6.60. The molecule has 0 aliphatic carbocycles. The van der Waals surface area contributed by atoms with E-state index < -0.39 is 18.0 Å². The van der Waals surface area contributed by atoms with Crippen molar-refractivity contribution < 1.29 is 28.6 Å². The molecule has 0 unspecified atom stereocenters. The Labute approximate surface area is 174 Å². The Morgan fingerprint density at radius 1 is 1.03 bits per heavy atom. The minimum Gasteiger partial charge on any atom is -0.496 e. The molecule has 1 aliphatic heterocycles. The monoisotopic (exact) mass is 412 g/mol. The number of morpholine rings is 1. The van der Waals surface area contributed by atoms with Crippen LogP contribution >= 0.6 is 0 Å². The third-order valence-corrected chi connectivity index (χ3v) is 4.64. The number of hydrogen-bond donors (Lipinski definition) is 1. The van der Waals surface area contributed by atoms with Crippen LogP contribution in [0.25, 0.3) is 0 Å². The van der Waals surface area contributed by atoms with Gasteiger partial charge in [-0.15, -0.1) is 0 Å². The van der Waals surface area contributed by atoms with Gasteiger partial charge in [0.2, 0.25) is 6.10 Å². The first-order valence-corrected chi connectivity index (χ1v) is 9.62. The lowest BCUT2D eigenvalue weighted by molar-refractivity contribution is -0.162. The predicted octanol–water partition coefficient (Wildman–Crippen LogP) is 1.57. The molecule has 1 saturated heterocycles. The average Bonchev–Trinajstić information content (AvgIpc) is 2.81. The maximum atomic E-state index is 13.0. The lowest BCUT2D eigenvalue weighted by atomic mass is 10.1. The van der Waals surface area contributed by atoms with Crippen LogP contribution in [0.1, 0.15) is 22.0 Å². The van der Waals surface area contributed by atoms with E-state index in [-0.39, 0.29) is 12.5 Å². The number of methoxy groups -OCH3 is 1. The van der Waals surface area contributed by atoms with E-state index in [0.29, 0.717) is 43.2 Å². The number of benzene rings is 2. The molecule has 0 bridgehead atoms. The number of nitrogens with zero attached hydrogens (tertiary/aromatic N) is 1. The minimum absolute atomic E-state index is 0.303. The zero-order chi connectivity index (χ0) is 21.3. The Bertz CT molecular complexity index is 880. The van der Waals surface area contributed by atoms with Gasteiger partial charge in [-0.3, -0.25) is 14.4 Å². The van der Waals surface area contributed by atoms with E-state index in [9.17, 15) is 14.4 Å². The summed E-state index contributed by atoms with van der Waals surface area (Å²) < 4.78 is 15.9. The summed E-state index contributed by atoms with van der Waals surface area (Å²) in [6, 6.07) is 15.5. The number of ether oxygens (including phenoxy) is 3. The summed E-state index contributed by atoms with van der Waals surface area (Å²) in [5, 5.41) is 2.51. The summed E-state index contributed by atoms with van der Waals surface area (Å²) >= 11 is 0. The Balaban J connectivity index is 1.66. The van der Waals surface area contributed by atoms with Crippen molar-refractivity contribution in [1.82, 2.24) is 10.2 Å². The van der Waals surface area contributed by atoms with Crippen molar-refractivity contribution in [3.05, 3.63) is 65.7 Å². The normalized spacial score (nSPS) is 14.5. The SMILES string of the molecule is COc1ccccc1C(=O)NCC(=O)O[C@H](C(=O)N1CCOCC1)c1ccccc1. The van der Waals surface area contributed by atoms with E-state index in [0.717, 1.165) is 0 Å². The molecule has 8 nitrogen and oxygen atoms in total. The van der Waals surface area contributed by atoms with Crippen LogP contribution in [-0.4, -0.2) is 62.6 Å². The maximum Gasteiger partial charge on any atom is 0.326 e. The highest BCUT2D eigenvalue weighted by molar-refractivity contribution is 5.98. The molecule has 0 spiro atoms. The molecular formula is C22H24N2O6.